The second-order valence-corrected chi connectivity index (χ2v) is 11.2. The molecule has 0 amide bonds. The molecule has 0 saturated heterocycles. The number of benzene rings is 2. The third-order valence-electron chi connectivity index (χ3n) is 6.51. The van der Waals surface area contributed by atoms with E-state index in [9.17, 15) is 18.3 Å². The maximum Gasteiger partial charge on any atom is 0.315 e. The number of rotatable bonds is 4. The van der Waals surface area contributed by atoms with Crippen LogP contribution in [0.3, 0.4) is 0 Å². The number of hydrogen-bond donors (Lipinski definition) is 3. The lowest BCUT2D eigenvalue weighted by Gasteiger charge is -2.43. The standard InChI is InChI=1S/C18H20N2O2S.C7H8O3S/c1-20-9-18(10-23-2,17(21)22)7-13-12-4-3-5-14-16(12)11(8-19-14)6-15(13)20;1-6-2-4-7(5-3-6)11(8,9)10/h3-5,7-8,15,19H,6,9-10H2,1-2H3,(H,21,22);2-5H,1H3,(H,8,9,10)/t15-,18-;/m1./s1. The summed E-state index contributed by atoms with van der Waals surface area (Å²) in [7, 11) is -1.97. The zero-order chi connectivity index (χ0) is 24.7. The van der Waals surface area contributed by atoms with E-state index in [0.29, 0.717) is 12.3 Å². The Labute approximate surface area is 203 Å². The van der Waals surface area contributed by atoms with Gasteiger partial charge in [0.2, 0.25) is 0 Å². The summed E-state index contributed by atoms with van der Waals surface area (Å²) < 4.78 is 29.6. The van der Waals surface area contributed by atoms with Crippen LogP contribution in [-0.4, -0.2) is 65.6 Å². The van der Waals surface area contributed by atoms with Crippen LogP contribution in [0.4, 0.5) is 0 Å². The van der Waals surface area contributed by atoms with E-state index in [0.717, 1.165) is 17.5 Å². The monoisotopic (exact) mass is 500 g/mol. The van der Waals surface area contributed by atoms with Crippen molar-refractivity contribution in [1.82, 2.24) is 9.88 Å². The fourth-order valence-electron chi connectivity index (χ4n) is 4.87. The zero-order valence-electron chi connectivity index (χ0n) is 19.3. The fraction of sp³-hybridized carbons (Fsp3) is 0.320. The highest BCUT2D eigenvalue weighted by Gasteiger charge is 2.45. The van der Waals surface area contributed by atoms with Gasteiger partial charge in [-0.25, -0.2) is 0 Å². The number of aryl methyl sites for hydroxylation is 1. The van der Waals surface area contributed by atoms with Crippen molar-refractivity contribution in [2.75, 3.05) is 25.6 Å². The van der Waals surface area contributed by atoms with Gasteiger partial charge >= 0.3 is 5.97 Å². The van der Waals surface area contributed by atoms with Crippen molar-refractivity contribution in [2.24, 2.45) is 5.41 Å². The van der Waals surface area contributed by atoms with E-state index in [1.54, 1.807) is 23.9 Å². The minimum Gasteiger partial charge on any atom is -0.481 e. The number of aliphatic carboxylic acids is 1. The van der Waals surface area contributed by atoms with Crippen LogP contribution in [0.15, 0.2) is 59.6 Å². The van der Waals surface area contributed by atoms with Crippen LogP contribution < -0.4 is 0 Å². The molecule has 0 fully saturated rings. The van der Waals surface area contributed by atoms with Crippen molar-refractivity contribution < 1.29 is 22.9 Å². The van der Waals surface area contributed by atoms with Gasteiger partial charge in [0.25, 0.3) is 10.1 Å². The molecule has 1 aliphatic carbocycles. The summed E-state index contributed by atoms with van der Waals surface area (Å²) >= 11 is 1.60. The Morgan fingerprint density at radius 3 is 2.56 bits per heavy atom. The number of fused-ring (bicyclic) bond motifs is 2. The molecule has 0 bridgehead atoms. The van der Waals surface area contributed by atoms with Crippen LogP contribution in [0.25, 0.3) is 16.5 Å². The first-order valence-corrected chi connectivity index (χ1v) is 13.7. The molecule has 0 unspecified atom stereocenters. The van der Waals surface area contributed by atoms with Crippen LogP contribution in [-0.2, 0) is 21.3 Å². The number of H-pyrrole nitrogens is 1. The maximum absolute atomic E-state index is 12.0. The predicted molar refractivity (Wildman–Crippen MR) is 136 cm³/mol. The van der Waals surface area contributed by atoms with E-state index < -0.39 is 21.5 Å². The van der Waals surface area contributed by atoms with Crippen LogP contribution in [0.1, 0.15) is 16.7 Å². The highest BCUT2D eigenvalue weighted by Crippen LogP contribution is 2.44. The first kappa shape index (κ1) is 24.5. The number of carboxylic acids is 1. The lowest BCUT2D eigenvalue weighted by molar-refractivity contribution is -0.146. The fourth-order valence-corrected chi connectivity index (χ4v) is 6.16. The Hall–Kier alpha value is -2.59. The molecule has 0 radical (unpaired) electrons. The molecule has 1 aliphatic heterocycles. The SMILES string of the molecule is CSC[C@@]1(C(=O)O)C=C2c3cccc4[nH]cc(c34)C[C@H]2N(C)C1.Cc1ccc(S(=O)(=O)O)cc1. The van der Waals surface area contributed by atoms with Crippen LogP contribution >= 0.6 is 11.8 Å². The van der Waals surface area contributed by atoms with Crippen molar-refractivity contribution in [3.05, 3.63) is 71.4 Å². The van der Waals surface area contributed by atoms with Crippen molar-refractivity contribution in [1.29, 1.82) is 0 Å². The van der Waals surface area contributed by atoms with Gasteiger partial charge in [0.1, 0.15) is 5.41 Å². The van der Waals surface area contributed by atoms with E-state index in [2.05, 4.69) is 28.2 Å². The topological polar surface area (TPSA) is 111 Å². The summed E-state index contributed by atoms with van der Waals surface area (Å²) in [6, 6.07) is 12.5. The molecule has 2 aliphatic rings. The molecule has 2 atom stereocenters. The number of carboxylic acid groups (broad SMARTS) is 1. The Kier molecular flexibility index (Phi) is 6.65. The molecule has 3 aromatic rings. The third-order valence-corrected chi connectivity index (χ3v) is 8.18. The van der Waals surface area contributed by atoms with Gasteiger partial charge in [0.05, 0.1) is 4.90 Å². The van der Waals surface area contributed by atoms with Gasteiger partial charge in [0, 0.05) is 35.4 Å². The molecule has 1 aromatic heterocycles. The number of nitrogens with one attached hydrogen (secondary N) is 1. The summed E-state index contributed by atoms with van der Waals surface area (Å²) in [6.07, 6.45) is 7.05. The number of nitrogens with zero attached hydrogens (tertiary/aromatic N) is 1. The molecular weight excluding hydrogens is 472 g/mol. The highest BCUT2D eigenvalue weighted by molar-refractivity contribution is 7.98. The maximum atomic E-state index is 12.0. The van der Waals surface area contributed by atoms with Crippen LogP contribution in [0, 0.1) is 12.3 Å². The average Bonchev–Trinajstić information content (AvgIpc) is 3.19. The smallest absolute Gasteiger partial charge is 0.315 e. The summed E-state index contributed by atoms with van der Waals surface area (Å²) in [5.74, 6) is -0.129. The number of aromatic nitrogens is 1. The molecule has 5 rings (SSSR count). The van der Waals surface area contributed by atoms with Crippen LogP contribution in [0.2, 0.25) is 0 Å². The van der Waals surface area contributed by atoms with Gasteiger partial charge in [-0.15, -0.1) is 0 Å². The number of thioether (sulfide) groups is 1. The molecule has 0 spiro atoms. The van der Waals surface area contributed by atoms with E-state index in [-0.39, 0.29) is 10.9 Å². The number of hydrogen-bond acceptors (Lipinski definition) is 5. The minimum atomic E-state index is -4.02. The molecular formula is C25H28N2O5S2. The third kappa shape index (κ3) is 4.53. The average molecular weight is 501 g/mol. The Balaban J connectivity index is 0.000000210. The summed E-state index contributed by atoms with van der Waals surface area (Å²) in [6.45, 7) is 2.40. The van der Waals surface area contributed by atoms with Crippen molar-refractivity contribution in [3.63, 3.8) is 0 Å². The Bertz CT molecular complexity index is 1360. The van der Waals surface area contributed by atoms with E-state index in [1.807, 2.05) is 32.4 Å². The van der Waals surface area contributed by atoms with Gasteiger partial charge < -0.3 is 10.1 Å². The number of likely N-dealkylation sites (N-methyl/N-ethyl adjacent to an activating group) is 1. The van der Waals surface area contributed by atoms with Crippen molar-refractivity contribution in [3.8, 4) is 0 Å². The second kappa shape index (κ2) is 9.22. The van der Waals surface area contributed by atoms with Gasteiger partial charge in [0.15, 0.2) is 0 Å². The predicted octanol–water partition coefficient (Wildman–Crippen LogP) is 4.10. The Morgan fingerprint density at radius 2 is 1.94 bits per heavy atom. The van der Waals surface area contributed by atoms with Crippen molar-refractivity contribution >= 4 is 44.3 Å². The van der Waals surface area contributed by atoms with Gasteiger partial charge in [-0.3, -0.25) is 14.2 Å². The largest absolute Gasteiger partial charge is 0.481 e. The molecule has 9 heteroatoms. The summed E-state index contributed by atoms with van der Waals surface area (Å²) in [5, 5.41) is 11.1. The summed E-state index contributed by atoms with van der Waals surface area (Å²) in [5.41, 5.74) is 4.97. The minimum absolute atomic E-state index is 0.0666. The van der Waals surface area contributed by atoms with Gasteiger partial charge in [-0.1, -0.05) is 35.9 Å². The number of carbonyl (C=O) groups is 1. The van der Waals surface area contributed by atoms with E-state index >= 15 is 0 Å². The molecule has 0 saturated carbocycles. The van der Waals surface area contributed by atoms with Gasteiger partial charge in [-0.05, 0) is 61.5 Å². The lowest BCUT2D eigenvalue weighted by Crippen LogP contribution is -2.51. The quantitative estimate of drug-likeness (QED) is 0.463. The van der Waals surface area contributed by atoms with E-state index in [1.165, 1.54) is 34.2 Å². The molecule has 7 nitrogen and oxygen atoms in total. The molecule has 180 valence electrons. The highest BCUT2D eigenvalue weighted by atomic mass is 32.2. The molecule has 3 N–H and O–H groups in total. The van der Waals surface area contributed by atoms with Crippen LogP contribution in [0.5, 0.6) is 0 Å². The second-order valence-electron chi connectivity index (χ2n) is 8.96. The normalized spacial score (nSPS) is 21.9. The number of aromatic amines is 1. The molecule has 2 heterocycles. The summed E-state index contributed by atoms with van der Waals surface area (Å²) in [4.78, 5) is 17.5. The molecule has 34 heavy (non-hydrogen) atoms. The van der Waals surface area contributed by atoms with Crippen molar-refractivity contribution in [2.45, 2.75) is 24.3 Å². The molecule has 2 aromatic carbocycles. The Morgan fingerprint density at radius 1 is 1.24 bits per heavy atom. The lowest BCUT2D eigenvalue weighted by atomic mass is 9.75. The first-order valence-electron chi connectivity index (χ1n) is 10.8. The first-order chi connectivity index (χ1) is 16.1. The van der Waals surface area contributed by atoms with Gasteiger partial charge in [-0.2, -0.15) is 20.2 Å². The zero-order valence-corrected chi connectivity index (χ0v) is 20.9. The van der Waals surface area contributed by atoms with E-state index in [4.69, 9.17) is 4.55 Å².